The van der Waals surface area contributed by atoms with Gasteiger partial charge in [0.25, 0.3) is 10.0 Å². The minimum absolute atomic E-state index is 0.0518. The third-order valence-corrected chi connectivity index (χ3v) is 8.82. The van der Waals surface area contributed by atoms with E-state index in [1.807, 2.05) is 30.3 Å². The van der Waals surface area contributed by atoms with Crippen LogP contribution in [0.25, 0.3) is 22.2 Å². The first-order valence-electron chi connectivity index (χ1n) is 11.3. The maximum Gasteiger partial charge on any atom is 0.269 e. The van der Waals surface area contributed by atoms with Crippen LogP contribution in [0, 0.1) is 0 Å². The van der Waals surface area contributed by atoms with Gasteiger partial charge in [0.2, 0.25) is 5.91 Å². The number of aromatic nitrogens is 2. The van der Waals surface area contributed by atoms with E-state index < -0.39 is 15.4 Å². The lowest BCUT2D eigenvalue weighted by molar-refractivity contribution is -0.123. The second-order valence-electron chi connectivity index (χ2n) is 8.94. The van der Waals surface area contributed by atoms with E-state index in [1.165, 1.54) is 3.97 Å². The Bertz CT molecular complexity index is 1520. The molecule has 1 saturated heterocycles. The van der Waals surface area contributed by atoms with E-state index in [9.17, 15) is 13.2 Å². The Hall–Kier alpha value is -3.49. The van der Waals surface area contributed by atoms with Crippen molar-refractivity contribution >= 4 is 32.7 Å². The number of piperidine rings is 1. The monoisotopic (exact) mass is 472 g/mol. The van der Waals surface area contributed by atoms with Crippen LogP contribution >= 0.6 is 0 Å². The van der Waals surface area contributed by atoms with E-state index in [-0.39, 0.29) is 10.8 Å². The van der Waals surface area contributed by atoms with Gasteiger partial charge < -0.3 is 10.2 Å². The number of carbonyl (C=O) groups excluding carboxylic acids is 1. The summed E-state index contributed by atoms with van der Waals surface area (Å²) in [7, 11) is -2.11. The molecule has 1 N–H and O–H groups in total. The second-order valence-corrected chi connectivity index (χ2v) is 10.8. The molecule has 7 nitrogen and oxygen atoms in total. The first-order chi connectivity index (χ1) is 16.4. The van der Waals surface area contributed by atoms with Crippen LogP contribution in [0.4, 0.5) is 5.69 Å². The summed E-state index contributed by atoms with van der Waals surface area (Å²) in [6, 6.07) is 18.1. The van der Waals surface area contributed by atoms with Gasteiger partial charge in [0, 0.05) is 29.8 Å². The predicted molar refractivity (Wildman–Crippen MR) is 131 cm³/mol. The van der Waals surface area contributed by atoms with E-state index in [4.69, 9.17) is 0 Å². The van der Waals surface area contributed by atoms with Crippen molar-refractivity contribution in [3.8, 4) is 11.1 Å². The second kappa shape index (κ2) is 7.51. The molecule has 0 radical (unpaired) electrons. The molecule has 4 heterocycles. The van der Waals surface area contributed by atoms with Crippen LogP contribution in [0.3, 0.4) is 0 Å². The molecule has 2 aliphatic rings. The molecule has 0 atom stereocenters. The number of fused-ring (bicyclic) bond motifs is 4. The SMILES string of the molecule is CN1C(=O)C2(CCNCC2)c2c1cnc1c2c(-c2ccccc2)cn1S(=O)(=O)c1ccccc1. The lowest BCUT2D eigenvalue weighted by atomic mass is 9.73. The zero-order valence-electron chi connectivity index (χ0n) is 18.7. The van der Waals surface area contributed by atoms with Crippen molar-refractivity contribution in [1.29, 1.82) is 0 Å². The van der Waals surface area contributed by atoms with E-state index in [2.05, 4.69) is 10.3 Å². The average Bonchev–Trinajstić information content (AvgIpc) is 3.37. The van der Waals surface area contributed by atoms with Crippen LogP contribution < -0.4 is 10.2 Å². The lowest BCUT2D eigenvalue weighted by Crippen LogP contribution is -2.46. The summed E-state index contributed by atoms with van der Waals surface area (Å²) in [5, 5.41) is 4.10. The number of nitrogens with zero attached hydrogens (tertiary/aromatic N) is 3. The van der Waals surface area contributed by atoms with Crippen LogP contribution in [-0.4, -0.2) is 43.4 Å². The van der Waals surface area contributed by atoms with Gasteiger partial charge >= 0.3 is 0 Å². The zero-order valence-corrected chi connectivity index (χ0v) is 19.5. The predicted octanol–water partition coefficient (Wildman–Crippen LogP) is 3.54. The number of hydrogen-bond acceptors (Lipinski definition) is 5. The number of benzene rings is 2. The first-order valence-corrected chi connectivity index (χ1v) is 12.8. The van der Waals surface area contributed by atoms with Gasteiger partial charge in [-0.3, -0.25) is 4.79 Å². The van der Waals surface area contributed by atoms with E-state index in [0.717, 1.165) is 40.9 Å². The highest BCUT2D eigenvalue weighted by molar-refractivity contribution is 7.90. The van der Waals surface area contributed by atoms with E-state index in [0.29, 0.717) is 18.5 Å². The first kappa shape index (κ1) is 21.1. The summed E-state index contributed by atoms with van der Waals surface area (Å²) in [5.74, 6) is 0.0518. The summed E-state index contributed by atoms with van der Waals surface area (Å²) in [4.78, 5) is 20.1. The van der Waals surface area contributed by atoms with Crippen molar-refractivity contribution in [3.05, 3.63) is 78.6 Å². The number of rotatable bonds is 3. The molecular formula is C26H24N4O3S. The van der Waals surface area contributed by atoms with Crippen LogP contribution in [0.2, 0.25) is 0 Å². The third kappa shape index (κ3) is 2.82. The van der Waals surface area contributed by atoms with Gasteiger partial charge in [-0.25, -0.2) is 17.4 Å². The van der Waals surface area contributed by atoms with E-state index in [1.54, 1.807) is 54.7 Å². The van der Waals surface area contributed by atoms with Crippen molar-refractivity contribution in [1.82, 2.24) is 14.3 Å². The van der Waals surface area contributed by atoms with Gasteiger partial charge in [-0.15, -0.1) is 0 Å². The Morgan fingerprint density at radius 1 is 0.971 bits per heavy atom. The molecule has 34 heavy (non-hydrogen) atoms. The Morgan fingerprint density at radius 3 is 2.29 bits per heavy atom. The average molecular weight is 473 g/mol. The highest BCUT2D eigenvalue weighted by atomic mass is 32.2. The fourth-order valence-corrected chi connectivity index (χ4v) is 6.81. The number of likely N-dealkylation sites (N-methyl/N-ethyl adjacent to an activating group) is 1. The van der Waals surface area contributed by atoms with Crippen molar-refractivity contribution in [2.75, 3.05) is 25.0 Å². The summed E-state index contributed by atoms with van der Waals surface area (Å²) < 4.78 is 28.7. The molecule has 1 amide bonds. The molecule has 0 saturated carbocycles. The molecule has 0 bridgehead atoms. The van der Waals surface area contributed by atoms with Gasteiger partial charge in [-0.05, 0) is 43.6 Å². The van der Waals surface area contributed by atoms with E-state index >= 15 is 0 Å². The highest BCUT2D eigenvalue weighted by Gasteiger charge is 2.52. The van der Waals surface area contributed by atoms with Crippen LogP contribution in [0.1, 0.15) is 18.4 Å². The summed E-state index contributed by atoms with van der Waals surface area (Å²) in [6.07, 6.45) is 4.63. The van der Waals surface area contributed by atoms with Gasteiger partial charge in [-0.2, -0.15) is 0 Å². The molecule has 6 rings (SSSR count). The number of carbonyl (C=O) groups is 1. The Labute approximate surface area is 198 Å². The molecule has 0 aliphatic carbocycles. The molecule has 1 fully saturated rings. The Kier molecular flexibility index (Phi) is 4.65. The fraction of sp³-hybridized carbons (Fsp3) is 0.231. The van der Waals surface area contributed by atoms with Crippen molar-refractivity contribution < 1.29 is 13.2 Å². The maximum absolute atomic E-state index is 13.7. The smallest absolute Gasteiger partial charge is 0.269 e. The van der Waals surface area contributed by atoms with Gasteiger partial charge in [0.05, 0.1) is 22.2 Å². The van der Waals surface area contributed by atoms with Crippen LogP contribution in [0.15, 0.2) is 78.0 Å². The molecule has 0 unspecified atom stereocenters. The number of anilines is 1. The third-order valence-electron chi connectivity index (χ3n) is 7.16. The molecule has 172 valence electrons. The van der Waals surface area contributed by atoms with Gasteiger partial charge in [-0.1, -0.05) is 48.5 Å². The van der Waals surface area contributed by atoms with Gasteiger partial charge in [0.1, 0.15) is 0 Å². The molecule has 4 aromatic rings. The molecular weight excluding hydrogens is 448 g/mol. The zero-order chi connectivity index (χ0) is 23.5. The number of hydrogen-bond donors (Lipinski definition) is 1. The van der Waals surface area contributed by atoms with Crippen LogP contribution in [-0.2, 0) is 20.2 Å². The Morgan fingerprint density at radius 2 is 1.62 bits per heavy atom. The largest absolute Gasteiger partial charge is 0.317 e. The van der Waals surface area contributed by atoms with Crippen molar-refractivity contribution in [2.45, 2.75) is 23.2 Å². The number of nitrogens with one attached hydrogen (secondary N) is 1. The Balaban J connectivity index is 1.73. The maximum atomic E-state index is 13.7. The molecule has 1 spiro atoms. The number of pyridine rings is 1. The summed E-state index contributed by atoms with van der Waals surface area (Å²) in [6.45, 7) is 1.46. The molecule has 2 aromatic heterocycles. The molecule has 2 aliphatic heterocycles. The molecule has 2 aromatic carbocycles. The van der Waals surface area contributed by atoms with Crippen molar-refractivity contribution in [2.24, 2.45) is 0 Å². The number of amides is 1. The topological polar surface area (TPSA) is 84.3 Å². The normalized spacial score (nSPS) is 17.4. The van der Waals surface area contributed by atoms with Crippen molar-refractivity contribution in [3.63, 3.8) is 0 Å². The lowest BCUT2D eigenvalue weighted by Gasteiger charge is -2.33. The molecule has 8 heteroatoms. The quantitative estimate of drug-likeness (QED) is 0.493. The summed E-state index contributed by atoms with van der Waals surface area (Å²) in [5.41, 5.74) is 2.96. The fourth-order valence-electron chi connectivity index (χ4n) is 5.48. The minimum atomic E-state index is -3.90. The summed E-state index contributed by atoms with van der Waals surface area (Å²) >= 11 is 0. The minimum Gasteiger partial charge on any atom is -0.317 e. The van der Waals surface area contributed by atoms with Crippen LogP contribution in [0.5, 0.6) is 0 Å². The highest BCUT2D eigenvalue weighted by Crippen LogP contribution is 2.51. The van der Waals surface area contributed by atoms with Gasteiger partial charge in [0.15, 0.2) is 5.65 Å². The standard InChI is InChI=1S/C26H24N4O3S/c1-29-21-16-28-24-22(23(21)26(25(29)31)12-14-27-15-13-26)20(18-8-4-2-5-9-18)17-30(24)34(32,33)19-10-6-3-7-11-19/h2-11,16-17,27H,12-15H2,1H3.